The van der Waals surface area contributed by atoms with Crippen LogP contribution in [-0.4, -0.2) is 59.0 Å². The maximum absolute atomic E-state index is 13.4. The molecule has 0 aliphatic carbocycles. The fourth-order valence-electron chi connectivity index (χ4n) is 4.82. The third kappa shape index (κ3) is 5.45. The van der Waals surface area contributed by atoms with E-state index >= 15 is 0 Å². The number of nitrogens with zero attached hydrogens (tertiary/aromatic N) is 8. The zero-order valence-electron chi connectivity index (χ0n) is 23.1. The van der Waals surface area contributed by atoms with Crippen molar-refractivity contribution in [2.75, 3.05) is 13.1 Å². The average Bonchev–Trinajstić information content (AvgIpc) is 3.51. The number of ether oxygens (including phenoxy) is 2. The molecule has 11 nitrogen and oxygen atoms in total. The van der Waals surface area contributed by atoms with Gasteiger partial charge >= 0.3 is 6.09 Å². The lowest BCUT2D eigenvalue weighted by Crippen LogP contribution is -2.42. The van der Waals surface area contributed by atoms with Gasteiger partial charge in [0.05, 0.1) is 29.8 Å². The number of hydrogen-bond donors (Lipinski definition) is 0. The normalized spacial score (nSPS) is 15.2. The minimum Gasteiger partial charge on any atom is -0.469 e. The van der Waals surface area contributed by atoms with Gasteiger partial charge in [-0.3, -0.25) is 9.38 Å². The maximum Gasteiger partial charge on any atom is 0.410 e. The van der Waals surface area contributed by atoms with Crippen LogP contribution >= 0.6 is 0 Å². The van der Waals surface area contributed by atoms with Gasteiger partial charge in [0.25, 0.3) is 0 Å². The Morgan fingerprint density at radius 1 is 1.18 bits per heavy atom. The first-order chi connectivity index (χ1) is 19.0. The minimum absolute atomic E-state index is 0.0839. The number of amides is 1. The third-order valence-corrected chi connectivity index (χ3v) is 6.81. The highest BCUT2D eigenvalue weighted by atomic mass is 19.1. The number of fused-ring (bicyclic) bond motifs is 1. The zero-order valence-corrected chi connectivity index (χ0v) is 23.1. The molecule has 12 heteroatoms. The van der Waals surface area contributed by atoms with Crippen molar-refractivity contribution in [2.45, 2.75) is 65.2 Å². The van der Waals surface area contributed by atoms with Gasteiger partial charge in [-0.2, -0.15) is 5.26 Å². The molecule has 1 aliphatic rings. The molecule has 0 bridgehead atoms. The number of aromatic nitrogens is 6. The Hall–Kier alpha value is -4.53. The molecule has 40 heavy (non-hydrogen) atoms. The van der Waals surface area contributed by atoms with Crippen LogP contribution in [0.5, 0.6) is 5.88 Å². The Kier molecular flexibility index (Phi) is 7.14. The van der Waals surface area contributed by atoms with Gasteiger partial charge in [-0.15, -0.1) is 5.10 Å². The van der Waals surface area contributed by atoms with Crippen molar-refractivity contribution in [1.29, 1.82) is 5.26 Å². The van der Waals surface area contributed by atoms with E-state index in [9.17, 15) is 14.4 Å². The molecule has 1 aliphatic heterocycles. The lowest BCUT2D eigenvalue weighted by atomic mass is 10.0. The monoisotopic (exact) mass is 546 g/mol. The van der Waals surface area contributed by atoms with Crippen molar-refractivity contribution >= 4 is 11.7 Å². The molecule has 0 N–H and O–H groups in total. The van der Waals surface area contributed by atoms with Crippen molar-refractivity contribution in [1.82, 2.24) is 34.3 Å². The van der Waals surface area contributed by atoms with Gasteiger partial charge in [-0.25, -0.2) is 18.9 Å². The van der Waals surface area contributed by atoms with E-state index in [-0.39, 0.29) is 12.1 Å². The Labute approximate surface area is 231 Å². The van der Waals surface area contributed by atoms with Crippen LogP contribution in [0.2, 0.25) is 0 Å². The molecule has 1 saturated heterocycles. The summed E-state index contributed by atoms with van der Waals surface area (Å²) < 4.78 is 28.7. The highest BCUT2D eigenvalue weighted by molar-refractivity contribution is 5.69. The first-order valence-corrected chi connectivity index (χ1v) is 13.1. The van der Waals surface area contributed by atoms with Crippen LogP contribution in [0.4, 0.5) is 9.18 Å². The largest absolute Gasteiger partial charge is 0.469 e. The highest BCUT2D eigenvalue weighted by Crippen LogP contribution is 2.33. The van der Waals surface area contributed by atoms with E-state index in [2.05, 4.69) is 26.3 Å². The molecule has 208 valence electrons. The molecule has 1 amide bonds. The smallest absolute Gasteiger partial charge is 0.410 e. The average molecular weight is 547 g/mol. The van der Waals surface area contributed by atoms with Gasteiger partial charge in [-0.1, -0.05) is 5.21 Å². The second-order valence-electron chi connectivity index (χ2n) is 10.9. The van der Waals surface area contributed by atoms with Crippen molar-refractivity contribution < 1.29 is 18.7 Å². The van der Waals surface area contributed by atoms with Gasteiger partial charge < -0.3 is 14.4 Å². The van der Waals surface area contributed by atoms with E-state index in [1.54, 1.807) is 28.4 Å². The van der Waals surface area contributed by atoms with Crippen molar-refractivity contribution in [3.63, 3.8) is 0 Å². The predicted octanol–water partition coefficient (Wildman–Crippen LogP) is 5.02. The summed E-state index contributed by atoms with van der Waals surface area (Å²) in [6, 6.07) is 8.74. The summed E-state index contributed by atoms with van der Waals surface area (Å²) in [5, 5.41) is 18.6. The van der Waals surface area contributed by atoms with E-state index in [0.29, 0.717) is 41.7 Å². The second-order valence-corrected chi connectivity index (χ2v) is 10.9. The summed E-state index contributed by atoms with van der Waals surface area (Å²) in [5.41, 5.74) is 3.09. The van der Waals surface area contributed by atoms with Gasteiger partial charge in [0.15, 0.2) is 0 Å². The number of nitriles is 1. The van der Waals surface area contributed by atoms with E-state index in [1.165, 1.54) is 12.3 Å². The maximum atomic E-state index is 13.4. The number of pyridine rings is 2. The van der Waals surface area contributed by atoms with Gasteiger partial charge in [0.2, 0.25) is 5.88 Å². The standard InChI is InChI=1S/C28H31FN8O3/c1-17-26(33-34-37(17)21-8-10-35(11-9-21)27(38)40-28(3,4)5)19-12-24-32-16-22(14-30)36(24)25(13-19)39-18(2)23-7-6-20(29)15-31-23/h6-7,12-13,15-16,18,21H,8-11H2,1-5H3/t18-/m1/s1. The number of carbonyl (C=O) groups is 1. The minimum atomic E-state index is -0.537. The number of imidazole rings is 1. The number of halogens is 1. The molecule has 0 spiro atoms. The molecule has 0 saturated carbocycles. The van der Waals surface area contributed by atoms with Gasteiger partial charge in [-0.05, 0) is 65.7 Å². The predicted molar refractivity (Wildman–Crippen MR) is 143 cm³/mol. The highest BCUT2D eigenvalue weighted by Gasteiger charge is 2.29. The van der Waals surface area contributed by atoms with Crippen LogP contribution in [0.3, 0.4) is 0 Å². The summed E-state index contributed by atoms with van der Waals surface area (Å²) in [4.78, 5) is 22.7. The fourth-order valence-corrected chi connectivity index (χ4v) is 4.82. The van der Waals surface area contributed by atoms with Crippen LogP contribution in [-0.2, 0) is 4.74 Å². The van der Waals surface area contributed by atoms with Gasteiger partial charge in [0.1, 0.15) is 40.6 Å². The number of hydrogen-bond acceptors (Lipinski definition) is 8. The summed E-state index contributed by atoms with van der Waals surface area (Å²) in [6.45, 7) is 10.5. The molecular formula is C28H31FN8O3. The van der Waals surface area contributed by atoms with Crippen LogP contribution in [0.15, 0.2) is 36.7 Å². The lowest BCUT2D eigenvalue weighted by molar-refractivity contribution is 0.0183. The third-order valence-electron chi connectivity index (χ3n) is 6.81. The number of rotatable bonds is 5. The van der Waals surface area contributed by atoms with Crippen LogP contribution in [0.1, 0.15) is 69.8 Å². The Bertz CT molecular complexity index is 1570. The van der Waals surface area contributed by atoms with E-state index in [1.807, 2.05) is 38.4 Å². The second kappa shape index (κ2) is 10.6. The van der Waals surface area contributed by atoms with Crippen LogP contribution in [0.25, 0.3) is 16.9 Å². The van der Waals surface area contributed by atoms with E-state index in [0.717, 1.165) is 30.3 Å². The van der Waals surface area contributed by atoms with E-state index in [4.69, 9.17) is 9.47 Å². The molecule has 0 unspecified atom stereocenters. The first kappa shape index (κ1) is 27.1. The molecule has 5 rings (SSSR count). The Balaban J connectivity index is 1.41. The molecule has 4 aromatic rings. The van der Waals surface area contributed by atoms with Crippen molar-refractivity contribution in [3.05, 3.63) is 59.6 Å². The number of carbonyl (C=O) groups excluding carboxylic acids is 1. The Morgan fingerprint density at radius 2 is 1.93 bits per heavy atom. The molecule has 5 heterocycles. The number of piperidine rings is 1. The topological polar surface area (TPSA) is 123 Å². The molecule has 1 fully saturated rings. The SMILES string of the molecule is Cc1c(-c2cc(O[C@H](C)c3ccc(F)cn3)n3c(C#N)cnc3c2)nnn1C1CCN(C(=O)OC(C)(C)C)CC1. The zero-order chi connectivity index (χ0) is 28.6. The molecular weight excluding hydrogens is 515 g/mol. The van der Waals surface area contributed by atoms with Crippen molar-refractivity contribution in [3.8, 4) is 23.2 Å². The summed E-state index contributed by atoms with van der Waals surface area (Å²) >= 11 is 0. The Morgan fingerprint density at radius 3 is 2.58 bits per heavy atom. The lowest BCUT2D eigenvalue weighted by Gasteiger charge is -2.33. The first-order valence-electron chi connectivity index (χ1n) is 13.1. The van der Waals surface area contributed by atoms with Crippen molar-refractivity contribution in [2.24, 2.45) is 0 Å². The molecule has 1 atom stereocenters. The summed E-state index contributed by atoms with van der Waals surface area (Å²) in [6.07, 6.45) is 3.24. The quantitative estimate of drug-likeness (QED) is 0.342. The fraction of sp³-hybridized carbons (Fsp3) is 0.429. The molecule has 4 aromatic heterocycles. The van der Waals surface area contributed by atoms with Gasteiger partial charge in [0, 0.05) is 24.7 Å². The molecule has 0 aromatic carbocycles. The molecule has 0 radical (unpaired) electrons. The van der Waals surface area contributed by atoms with Crippen LogP contribution < -0.4 is 4.74 Å². The number of likely N-dealkylation sites (tertiary alicyclic amines) is 1. The van der Waals surface area contributed by atoms with Crippen LogP contribution in [0, 0.1) is 24.1 Å². The summed E-state index contributed by atoms with van der Waals surface area (Å²) in [5.74, 6) is -0.0596. The summed E-state index contributed by atoms with van der Waals surface area (Å²) in [7, 11) is 0. The van der Waals surface area contributed by atoms with E-state index < -0.39 is 17.5 Å².